The zero-order chi connectivity index (χ0) is 11.8. The van der Waals surface area contributed by atoms with E-state index in [2.05, 4.69) is 47.1 Å². The van der Waals surface area contributed by atoms with Crippen LogP contribution in [-0.2, 0) is 6.42 Å². The standard InChI is InChI=1S/C11H20N4S/c1-3-6-13-11(15-12)14-9(2)8-10-5-4-7-16-10/h4-5,7,9H,3,6,8,12H2,1-2H3,(H2,13,14,15). The molecule has 1 heterocycles. The molecule has 0 aliphatic heterocycles. The van der Waals surface area contributed by atoms with Crippen LogP contribution >= 0.6 is 11.3 Å². The van der Waals surface area contributed by atoms with Gasteiger partial charge in [-0.25, -0.2) is 5.84 Å². The van der Waals surface area contributed by atoms with Crippen LogP contribution in [0.3, 0.4) is 0 Å². The van der Waals surface area contributed by atoms with Gasteiger partial charge in [-0.2, -0.15) is 0 Å². The van der Waals surface area contributed by atoms with E-state index < -0.39 is 0 Å². The van der Waals surface area contributed by atoms with Crippen molar-refractivity contribution in [1.82, 2.24) is 10.7 Å². The molecular weight excluding hydrogens is 220 g/mol. The Morgan fingerprint density at radius 1 is 1.62 bits per heavy atom. The van der Waals surface area contributed by atoms with Crippen LogP contribution < -0.4 is 16.6 Å². The van der Waals surface area contributed by atoms with Gasteiger partial charge in [-0.3, -0.25) is 10.4 Å². The van der Waals surface area contributed by atoms with Gasteiger partial charge in [0.05, 0.1) is 0 Å². The van der Waals surface area contributed by atoms with Crippen LogP contribution in [0.4, 0.5) is 0 Å². The van der Waals surface area contributed by atoms with Gasteiger partial charge in [0, 0.05) is 23.9 Å². The first-order valence-corrected chi connectivity index (χ1v) is 6.44. The Morgan fingerprint density at radius 3 is 3.00 bits per heavy atom. The number of rotatable bonds is 5. The van der Waals surface area contributed by atoms with Crippen LogP contribution in [0.1, 0.15) is 25.1 Å². The summed E-state index contributed by atoms with van der Waals surface area (Å²) >= 11 is 1.77. The minimum atomic E-state index is 0.324. The van der Waals surface area contributed by atoms with Gasteiger partial charge in [-0.15, -0.1) is 11.3 Å². The number of hydrogen-bond acceptors (Lipinski definition) is 3. The maximum Gasteiger partial charge on any atom is 0.205 e. The van der Waals surface area contributed by atoms with Gasteiger partial charge in [0.2, 0.25) is 5.96 Å². The lowest BCUT2D eigenvalue weighted by Gasteiger charge is -2.15. The third kappa shape index (κ3) is 4.63. The predicted molar refractivity (Wildman–Crippen MR) is 70.5 cm³/mol. The molecule has 0 aliphatic carbocycles. The number of guanidine groups is 1. The molecule has 1 rings (SSSR count). The maximum absolute atomic E-state index is 5.39. The molecule has 0 radical (unpaired) electrons. The fourth-order valence-corrected chi connectivity index (χ4v) is 2.21. The maximum atomic E-state index is 5.39. The van der Waals surface area contributed by atoms with Gasteiger partial charge in [0.25, 0.3) is 0 Å². The molecule has 1 atom stereocenters. The lowest BCUT2D eigenvalue weighted by atomic mass is 10.2. The average molecular weight is 240 g/mol. The van der Waals surface area contributed by atoms with E-state index in [0.29, 0.717) is 12.0 Å². The summed E-state index contributed by atoms with van der Waals surface area (Å²) in [6.45, 7) is 5.00. The summed E-state index contributed by atoms with van der Waals surface area (Å²) in [7, 11) is 0. The number of nitrogens with one attached hydrogen (secondary N) is 2. The van der Waals surface area contributed by atoms with Crippen LogP contribution in [0.15, 0.2) is 22.5 Å². The van der Waals surface area contributed by atoms with Gasteiger partial charge in [0.1, 0.15) is 0 Å². The van der Waals surface area contributed by atoms with E-state index in [1.807, 2.05) is 0 Å². The summed E-state index contributed by atoms with van der Waals surface area (Å²) in [6.07, 6.45) is 2.01. The van der Waals surface area contributed by atoms with Crippen molar-refractivity contribution in [2.24, 2.45) is 10.8 Å². The molecule has 0 aromatic carbocycles. The molecule has 16 heavy (non-hydrogen) atoms. The first-order chi connectivity index (χ1) is 7.76. The molecule has 5 heteroatoms. The van der Waals surface area contributed by atoms with E-state index in [1.54, 1.807) is 11.3 Å². The van der Waals surface area contributed by atoms with E-state index >= 15 is 0 Å². The highest BCUT2D eigenvalue weighted by atomic mass is 32.1. The monoisotopic (exact) mass is 240 g/mol. The molecule has 0 bridgehead atoms. The van der Waals surface area contributed by atoms with Crippen LogP contribution in [0.25, 0.3) is 0 Å². The second-order valence-electron chi connectivity index (χ2n) is 3.70. The Morgan fingerprint density at radius 2 is 2.44 bits per heavy atom. The normalized spacial score (nSPS) is 13.6. The molecule has 0 saturated carbocycles. The Hall–Kier alpha value is -1.07. The van der Waals surface area contributed by atoms with E-state index in [9.17, 15) is 0 Å². The topological polar surface area (TPSA) is 62.4 Å². The number of hydrazine groups is 1. The molecule has 4 nitrogen and oxygen atoms in total. The highest BCUT2D eigenvalue weighted by molar-refractivity contribution is 7.09. The first kappa shape index (κ1) is 13.0. The van der Waals surface area contributed by atoms with Crippen molar-refractivity contribution in [2.75, 3.05) is 6.54 Å². The Bertz CT molecular complexity index is 308. The Balaban J connectivity index is 2.39. The van der Waals surface area contributed by atoms with Crippen molar-refractivity contribution in [3.05, 3.63) is 22.4 Å². The number of nitrogens with zero attached hydrogens (tertiary/aromatic N) is 1. The van der Waals surface area contributed by atoms with Crippen molar-refractivity contribution < 1.29 is 0 Å². The SMILES string of the molecule is CCCN=C(NN)NC(C)Cc1cccs1. The molecule has 0 saturated heterocycles. The summed E-state index contributed by atoms with van der Waals surface area (Å²) in [5, 5.41) is 5.35. The molecule has 1 unspecified atom stereocenters. The summed E-state index contributed by atoms with van der Waals surface area (Å²) in [5.74, 6) is 6.07. The van der Waals surface area contributed by atoms with Crippen molar-refractivity contribution in [2.45, 2.75) is 32.7 Å². The zero-order valence-corrected chi connectivity index (χ0v) is 10.7. The first-order valence-electron chi connectivity index (χ1n) is 5.56. The number of aliphatic imine (C=N–C) groups is 1. The summed E-state index contributed by atoms with van der Waals surface area (Å²) < 4.78 is 0. The molecule has 0 fully saturated rings. The van der Waals surface area contributed by atoms with Gasteiger partial charge in [0.15, 0.2) is 0 Å². The lowest BCUT2D eigenvalue weighted by Crippen LogP contribution is -2.46. The molecule has 0 amide bonds. The second kappa shape index (κ2) is 7.24. The van der Waals surface area contributed by atoms with E-state index in [0.717, 1.165) is 19.4 Å². The minimum absolute atomic E-state index is 0.324. The molecular formula is C11H20N4S. The van der Waals surface area contributed by atoms with Crippen molar-refractivity contribution in [3.63, 3.8) is 0 Å². The highest BCUT2D eigenvalue weighted by Gasteiger charge is 2.05. The molecule has 0 aliphatic rings. The Kier molecular flexibility index (Phi) is 5.88. The fourth-order valence-electron chi connectivity index (χ4n) is 1.37. The molecule has 4 N–H and O–H groups in total. The van der Waals surface area contributed by atoms with Gasteiger partial charge < -0.3 is 5.32 Å². The van der Waals surface area contributed by atoms with Crippen LogP contribution in [0, 0.1) is 0 Å². The zero-order valence-electron chi connectivity index (χ0n) is 9.86. The van der Waals surface area contributed by atoms with E-state index in [-0.39, 0.29) is 0 Å². The summed E-state index contributed by atoms with van der Waals surface area (Å²) in [6, 6.07) is 4.53. The van der Waals surface area contributed by atoms with E-state index in [4.69, 9.17) is 5.84 Å². The molecule has 1 aromatic heterocycles. The van der Waals surface area contributed by atoms with Crippen LogP contribution in [0.2, 0.25) is 0 Å². The molecule has 1 aromatic rings. The molecule has 0 spiro atoms. The van der Waals surface area contributed by atoms with Gasteiger partial charge in [-0.05, 0) is 24.8 Å². The van der Waals surface area contributed by atoms with Crippen molar-refractivity contribution >= 4 is 17.3 Å². The van der Waals surface area contributed by atoms with Crippen LogP contribution in [-0.4, -0.2) is 18.5 Å². The van der Waals surface area contributed by atoms with Crippen molar-refractivity contribution in [1.29, 1.82) is 0 Å². The second-order valence-corrected chi connectivity index (χ2v) is 4.74. The van der Waals surface area contributed by atoms with E-state index in [1.165, 1.54) is 4.88 Å². The fraction of sp³-hybridized carbons (Fsp3) is 0.545. The van der Waals surface area contributed by atoms with Gasteiger partial charge >= 0.3 is 0 Å². The smallest absolute Gasteiger partial charge is 0.205 e. The third-order valence-electron chi connectivity index (χ3n) is 2.10. The largest absolute Gasteiger partial charge is 0.353 e. The molecule has 90 valence electrons. The predicted octanol–water partition coefficient (Wildman–Crippen LogP) is 1.50. The quantitative estimate of drug-likeness (QED) is 0.316. The summed E-state index contributed by atoms with van der Waals surface area (Å²) in [5.41, 5.74) is 2.59. The summed E-state index contributed by atoms with van der Waals surface area (Å²) in [4.78, 5) is 5.67. The minimum Gasteiger partial charge on any atom is -0.353 e. The Labute approximate surface area is 101 Å². The highest BCUT2D eigenvalue weighted by Crippen LogP contribution is 2.10. The van der Waals surface area contributed by atoms with Crippen LogP contribution in [0.5, 0.6) is 0 Å². The van der Waals surface area contributed by atoms with Crippen molar-refractivity contribution in [3.8, 4) is 0 Å². The number of hydrogen-bond donors (Lipinski definition) is 3. The third-order valence-corrected chi connectivity index (χ3v) is 3.00. The lowest BCUT2D eigenvalue weighted by molar-refractivity contribution is 0.645. The average Bonchev–Trinajstić information content (AvgIpc) is 2.76. The number of nitrogens with two attached hydrogens (primary N) is 1. The van der Waals surface area contributed by atoms with Gasteiger partial charge in [-0.1, -0.05) is 13.0 Å². The number of thiophene rings is 1.